The van der Waals surface area contributed by atoms with Crippen LogP contribution >= 0.6 is 0 Å². The Bertz CT molecular complexity index is 928. The van der Waals surface area contributed by atoms with E-state index in [-0.39, 0.29) is 17.7 Å². The number of carbonyl (C=O) groups is 1. The largest absolute Gasteiger partial charge is 0.334 e. The Labute approximate surface area is 152 Å². The number of rotatable bonds is 4. The number of aryl methyl sites for hydroxylation is 2. The van der Waals surface area contributed by atoms with Crippen LogP contribution < -0.4 is 10.6 Å². The van der Waals surface area contributed by atoms with E-state index in [0.717, 1.165) is 29.2 Å². The van der Waals surface area contributed by atoms with Gasteiger partial charge in [0.15, 0.2) is 0 Å². The van der Waals surface area contributed by atoms with Crippen LogP contribution in [0.3, 0.4) is 0 Å². The molecular formula is C19H22N6O. The van der Waals surface area contributed by atoms with Gasteiger partial charge in [0.1, 0.15) is 5.82 Å². The van der Waals surface area contributed by atoms with E-state index in [9.17, 15) is 4.79 Å². The summed E-state index contributed by atoms with van der Waals surface area (Å²) in [6.07, 6.45) is 7.51. The lowest BCUT2D eigenvalue weighted by molar-refractivity contribution is -0.119. The molecule has 0 spiro atoms. The molecule has 2 atom stereocenters. The fourth-order valence-corrected chi connectivity index (χ4v) is 3.55. The monoisotopic (exact) mass is 350 g/mol. The number of nitrogens with zero attached hydrogens (tertiary/aromatic N) is 4. The Morgan fingerprint density at radius 3 is 2.92 bits per heavy atom. The van der Waals surface area contributed by atoms with Crippen molar-refractivity contribution in [2.24, 2.45) is 20.0 Å². The predicted octanol–water partition coefficient (Wildman–Crippen LogP) is 1.76. The molecule has 7 heteroatoms. The van der Waals surface area contributed by atoms with E-state index in [4.69, 9.17) is 0 Å². The van der Waals surface area contributed by atoms with Gasteiger partial charge in [0.25, 0.3) is 0 Å². The third-order valence-electron chi connectivity index (χ3n) is 4.91. The highest BCUT2D eigenvalue weighted by Gasteiger charge is 2.34. The van der Waals surface area contributed by atoms with E-state index >= 15 is 0 Å². The molecule has 1 aliphatic rings. The van der Waals surface area contributed by atoms with Gasteiger partial charge in [-0.2, -0.15) is 5.10 Å². The molecule has 0 saturated carbocycles. The summed E-state index contributed by atoms with van der Waals surface area (Å²) in [5.41, 5.74) is 2.86. The van der Waals surface area contributed by atoms with Crippen LogP contribution in [0.2, 0.25) is 0 Å². The quantitative estimate of drug-likeness (QED) is 0.752. The Morgan fingerprint density at radius 1 is 1.31 bits per heavy atom. The molecule has 4 rings (SSSR count). The number of aromatic nitrogens is 4. The minimum atomic E-state index is -0.115. The Morgan fingerprint density at radius 2 is 2.19 bits per heavy atom. The molecule has 1 saturated heterocycles. The van der Waals surface area contributed by atoms with Crippen LogP contribution in [0.4, 0.5) is 5.69 Å². The van der Waals surface area contributed by atoms with Gasteiger partial charge in [-0.15, -0.1) is 0 Å². The molecule has 1 aromatic carbocycles. The molecule has 7 nitrogen and oxygen atoms in total. The summed E-state index contributed by atoms with van der Waals surface area (Å²) in [4.78, 5) is 17.2. The van der Waals surface area contributed by atoms with Gasteiger partial charge in [-0.25, -0.2) is 4.98 Å². The molecule has 26 heavy (non-hydrogen) atoms. The van der Waals surface area contributed by atoms with Crippen molar-refractivity contribution < 1.29 is 4.79 Å². The lowest BCUT2D eigenvalue weighted by atomic mass is 9.90. The highest BCUT2D eigenvalue weighted by atomic mass is 16.1. The second-order valence-corrected chi connectivity index (χ2v) is 6.75. The SMILES string of the molecule is Cn1cc([C@H]2CNC[C@@H]2C(=O)Nc2cccc(-c3nccn3C)c2)cn1. The van der Waals surface area contributed by atoms with Crippen LogP contribution in [0.5, 0.6) is 0 Å². The number of nitrogens with one attached hydrogen (secondary N) is 2. The second kappa shape index (κ2) is 6.76. The predicted molar refractivity (Wildman–Crippen MR) is 99.6 cm³/mol. The molecule has 0 bridgehead atoms. The maximum atomic E-state index is 12.9. The zero-order valence-electron chi connectivity index (χ0n) is 14.9. The number of imidazole rings is 1. The first-order valence-corrected chi connectivity index (χ1v) is 8.69. The molecule has 3 heterocycles. The zero-order chi connectivity index (χ0) is 18.1. The molecule has 1 fully saturated rings. The van der Waals surface area contributed by atoms with Crippen molar-refractivity contribution in [1.82, 2.24) is 24.6 Å². The van der Waals surface area contributed by atoms with Crippen molar-refractivity contribution in [3.8, 4) is 11.4 Å². The van der Waals surface area contributed by atoms with Gasteiger partial charge >= 0.3 is 0 Å². The Balaban J connectivity index is 1.52. The summed E-state index contributed by atoms with van der Waals surface area (Å²) in [5, 5.41) is 10.6. The summed E-state index contributed by atoms with van der Waals surface area (Å²) in [5.74, 6) is 0.926. The molecule has 0 radical (unpaired) electrons. The number of hydrogen-bond acceptors (Lipinski definition) is 4. The highest BCUT2D eigenvalue weighted by molar-refractivity contribution is 5.94. The van der Waals surface area contributed by atoms with Gasteiger partial charge in [0.2, 0.25) is 5.91 Å². The maximum Gasteiger partial charge on any atom is 0.229 e. The molecule has 134 valence electrons. The van der Waals surface area contributed by atoms with Crippen molar-refractivity contribution >= 4 is 11.6 Å². The minimum Gasteiger partial charge on any atom is -0.334 e. The standard InChI is InChI=1S/C19H22N6O/c1-24-7-6-21-18(24)13-4-3-5-15(8-13)23-19(26)17-11-20-10-16(17)14-9-22-25(2)12-14/h3-9,12,16-17,20H,10-11H2,1-2H3,(H,23,26)/t16-,17+/m1/s1. The third-order valence-corrected chi connectivity index (χ3v) is 4.91. The van der Waals surface area contributed by atoms with Crippen LogP contribution in [0.25, 0.3) is 11.4 Å². The number of amides is 1. The van der Waals surface area contributed by atoms with Crippen molar-refractivity contribution in [1.29, 1.82) is 0 Å². The third kappa shape index (κ3) is 3.13. The van der Waals surface area contributed by atoms with Crippen LogP contribution in [-0.4, -0.2) is 38.3 Å². The molecule has 3 aromatic rings. The van der Waals surface area contributed by atoms with Crippen molar-refractivity contribution in [3.63, 3.8) is 0 Å². The highest BCUT2D eigenvalue weighted by Crippen LogP contribution is 2.29. The van der Waals surface area contributed by atoms with E-state index in [1.165, 1.54) is 0 Å². The van der Waals surface area contributed by atoms with Crippen molar-refractivity contribution in [2.45, 2.75) is 5.92 Å². The minimum absolute atomic E-state index is 0.0286. The summed E-state index contributed by atoms with van der Waals surface area (Å²) in [7, 11) is 3.85. The molecule has 0 unspecified atom stereocenters. The molecular weight excluding hydrogens is 328 g/mol. The lowest BCUT2D eigenvalue weighted by Crippen LogP contribution is -2.28. The van der Waals surface area contributed by atoms with E-state index in [1.807, 2.05) is 61.5 Å². The van der Waals surface area contributed by atoms with Crippen molar-refractivity contribution in [2.75, 3.05) is 18.4 Å². The summed E-state index contributed by atoms with van der Waals surface area (Å²) < 4.78 is 3.74. The van der Waals surface area contributed by atoms with E-state index < -0.39 is 0 Å². The number of carbonyl (C=O) groups excluding carboxylic acids is 1. The fraction of sp³-hybridized carbons (Fsp3) is 0.316. The number of benzene rings is 1. The summed E-state index contributed by atoms with van der Waals surface area (Å²) >= 11 is 0. The van der Waals surface area contributed by atoms with Crippen LogP contribution in [0, 0.1) is 5.92 Å². The van der Waals surface area contributed by atoms with Gasteiger partial charge in [0, 0.05) is 62.9 Å². The molecule has 2 N–H and O–H groups in total. The topological polar surface area (TPSA) is 76.8 Å². The van der Waals surface area contributed by atoms with E-state index in [2.05, 4.69) is 20.7 Å². The Kier molecular flexibility index (Phi) is 4.30. The van der Waals surface area contributed by atoms with Crippen LogP contribution in [0.1, 0.15) is 11.5 Å². The van der Waals surface area contributed by atoms with Crippen LogP contribution in [0.15, 0.2) is 49.1 Å². The first-order valence-electron chi connectivity index (χ1n) is 8.69. The number of hydrogen-bond donors (Lipinski definition) is 2. The first-order chi connectivity index (χ1) is 12.6. The molecule has 1 amide bonds. The lowest BCUT2D eigenvalue weighted by Gasteiger charge is -2.17. The maximum absolute atomic E-state index is 12.9. The summed E-state index contributed by atoms with van der Waals surface area (Å²) in [6, 6.07) is 7.80. The molecule has 2 aromatic heterocycles. The molecule has 1 aliphatic heterocycles. The van der Waals surface area contributed by atoms with E-state index in [1.54, 1.807) is 10.9 Å². The van der Waals surface area contributed by atoms with Gasteiger partial charge in [-0.1, -0.05) is 12.1 Å². The number of anilines is 1. The van der Waals surface area contributed by atoms with Gasteiger partial charge in [-0.3, -0.25) is 9.48 Å². The Hall–Kier alpha value is -2.93. The van der Waals surface area contributed by atoms with E-state index in [0.29, 0.717) is 6.54 Å². The van der Waals surface area contributed by atoms with Crippen LogP contribution in [-0.2, 0) is 18.9 Å². The fourth-order valence-electron chi connectivity index (χ4n) is 3.55. The zero-order valence-corrected chi connectivity index (χ0v) is 14.9. The second-order valence-electron chi connectivity index (χ2n) is 6.75. The average molecular weight is 350 g/mol. The normalized spacial score (nSPS) is 19.6. The first kappa shape index (κ1) is 16.5. The van der Waals surface area contributed by atoms with Gasteiger partial charge in [-0.05, 0) is 17.7 Å². The van der Waals surface area contributed by atoms with Gasteiger partial charge in [0.05, 0.1) is 12.1 Å². The van der Waals surface area contributed by atoms with Crippen molar-refractivity contribution in [3.05, 3.63) is 54.6 Å². The smallest absolute Gasteiger partial charge is 0.229 e. The molecule has 0 aliphatic carbocycles. The summed E-state index contributed by atoms with van der Waals surface area (Å²) in [6.45, 7) is 1.46. The average Bonchev–Trinajstić information content (AvgIpc) is 3.35. The van der Waals surface area contributed by atoms with Gasteiger partial charge < -0.3 is 15.2 Å².